The van der Waals surface area contributed by atoms with Crippen molar-refractivity contribution in [1.82, 2.24) is 0 Å². The van der Waals surface area contributed by atoms with E-state index in [0.717, 1.165) is 13.0 Å². The highest BCUT2D eigenvalue weighted by atomic mass is 16.7. The molecule has 1 saturated carbocycles. The molecule has 0 aromatic rings. The van der Waals surface area contributed by atoms with Crippen molar-refractivity contribution in [3.8, 4) is 0 Å². The average Bonchev–Trinajstić information content (AvgIpc) is 2.94. The molecule has 0 radical (unpaired) electrons. The summed E-state index contributed by atoms with van der Waals surface area (Å²) in [6, 6.07) is 0. The summed E-state index contributed by atoms with van der Waals surface area (Å²) in [7, 11) is 0. The Labute approximate surface area is 79.3 Å². The standard InChI is InChI=1S/C10H19NO2/c1-6(4-11)3-8-7(2)9(8)10(12)5-13-10/h6-9,12H,3-5,11H2,1-2H3. The van der Waals surface area contributed by atoms with E-state index < -0.39 is 5.79 Å². The fourth-order valence-electron chi connectivity index (χ4n) is 2.48. The van der Waals surface area contributed by atoms with Crippen LogP contribution in [-0.2, 0) is 4.74 Å². The zero-order valence-electron chi connectivity index (χ0n) is 8.36. The maximum Gasteiger partial charge on any atom is 0.193 e. The number of ether oxygens (including phenoxy) is 1. The van der Waals surface area contributed by atoms with Gasteiger partial charge < -0.3 is 15.6 Å². The highest BCUT2D eigenvalue weighted by Gasteiger charge is 2.65. The fraction of sp³-hybridized carbons (Fsp3) is 1.00. The second-order valence-corrected chi connectivity index (χ2v) is 4.76. The van der Waals surface area contributed by atoms with Crippen molar-refractivity contribution in [3.63, 3.8) is 0 Å². The minimum absolute atomic E-state index is 0.376. The molecule has 1 aliphatic heterocycles. The molecule has 2 aliphatic rings. The van der Waals surface area contributed by atoms with Crippen LogP contribution < -0.4 is 5.73 Å². The lowest BCUT2D eigenvalue weighted by atomic mass is 10.0. The van der Waals surface area contributed by atoms with E-state index >= 15 is 0 Å². The van der Waals surface area contributed by atoms with Crippen LogP contribution in [0.2, 0.25) is 0 Å². The van der Waals surface area contributed by atoms with Gasteiger partial charge in [0, 0.05) is 5.92 Å². The molecule has 13 heavy (non-hydrogen) atoms. The van der Waals surface area contributed by atoms with Crippen molar-refractivity contribution < 1.29 is 9.84 Å². The largest absolute Gasteiger partial charge is 0.363 e. The van der Waals surface area contributed by atoms with Gasteiger partial charge in [-0.15, -0.1) is 0 Å². The summed E-state index contributed by atoms with van der Waals surface area (Å²) >= 11 is 0. The van der Waals surface area contributed by atoms with Crippen LogP contribution in [0.15, 0.2) is 0 Å². The molecule has 3 heteroatoms. The van der Waals surface area contributed by atoms with E-state index in [1.165, 1.54) is 0 Å². The summed E-state index contributed by atoms with van der Waals surface area (Å²) in [5, 5.41) is 9.74. The van der Waals surface area contributed by atoms with Crippen molar-refractivity contribution >= 4 is 0 Å². The van der Waals surface area contributed by atoms with Crippen LogP contribution in [0.3, 0.4) is 0 Å². The molecular weight excluding hydrogens is 166 g/mol. The maximum atomic E-state index is 9.74. The molecule has 2 rings (SSSR count). The molecule has 2 fully saturated rings. The molecule has 0 bridgehead atoms. The molecule has 3 nitrogen and oxygen atoms in total. The van der Waals surface area contributed by atoms with E-state index in [1.54, 1.807) is 0 Å². The van der Waals surface area contributed by atoms with E-state index in [2.05, 4.69) is 13.8 Å². The van der Waals surface area contributed by atoms with Crippen LogP contribution >= 0.6 is 0 Å². The maximum absolute atomic E-state index is 9.74. The van der Waals surface area contributed by atoms with Crippen LogP contribution in [-0.4, -0.2) is 24.0 Å². The van der Waals surface area contributed by atoms with Crippen LogP contribution in [0.4, 0.5) is 0 Å². The smallest absolute Gasteiger partial charge is 0.193 e. The number of hydrogen-bond acceptors (Lipinski definition) is 3. The number of rotatable bonds is 4. The molecule has 0 spiro atoms. The van der Waals surface area contributed by atoms with E-state index in [4.69, 9.17) is 10.5 Å². The number of hydrogen-bond donors (Lipinski definition) is 2. The molecule has 1 saturated heterocycles. The Bertz CT molecular complexity index is 203. The van der Waals surface area contributed by atoms with Gasteiger partial charge in [-0.25, -0.2) is 0 Å². The van der Waals surface area contributed by atoms with Gasteiger partial charge in [-0.2, -0.15) is 0 Å². The van der Waals surface area contributed by atoms with Crippen molar-refractivity contribution in [1.29, 1.82) is 0 Å². The van der Waals surface area contributed by atoms with Crippen molar-refractivity contribution in [2.24, 2.45) is 29.4 Å². The minimum Gasteiger partial charge on any atom is -0.363 e. The van der Waals surface area contributed by atoms with Gasteiger partial charge in [0.1, 0.15) is 6.61 Å². The first-order valence-electron chi connectivity index (χ1n) is 5.15. The Kier molecular flexibility index (Phi) is 2.13. The number of epoxide rings is 1. The third kappa shape index (κ3) is 1.60. The Morgan fingerprint density at radius 1 is 1.69 bits per heavy atom. The lowest BCUT2D eigenvalue weighted by molar-refractivity contribution is 0.00746. The van der Waals surface area contributed by atoms with Crippen molar-refractivity contribution in [2.45, 2.75) is 26.1 Å². The highest BCUT2D eigenvalue weighted by Crippen LogP contribution is 2.59. The second kappa shape index (κ2) is 2.94. The molecule has 5 unspecified atom stereocenters. The Morgan fingerprint density at radius 3 is 2.77 bits per heavy atom. The van der Waals surface area contributed by atoms with E-state index in [0.29, 0.717) is 30.3 Å². The SMILES string of the molecule is CC(CN)CC1C(C)C1C1(O)CO1. The zero-order valence-corrected chi connectivity index (χ0v) is 8.36. The second-order valence-electron chi connectivity index (χ2n) is 4.76. The van der Waals surface area contributed by atoms with Crippen LogP contribution in [0.5, 0.6) is 0 Å². The molecule has 0 aromatic heterocycles. The quantitative estimate of drug-likeness (QED) is 0.630. The monoisotopic (exact) mass is 185 g/mol. The minimum atomic E-state index is -0.752. The lowest BCUT2D eigenvalue weighted by Crippen LogP contribution is -2.16. The van der Waals surface area contributed by atoms with Gasteiger partial charge in [0.15, 0.2) is 5.79 Å². The van der Waals surface area contributed by atoms with E-state index in [9.17, 15) is 5.11 Å². The Morgan fingerprint density at radius 2 is 2.31 bits per heavy atom. The first-order valence-corrected chi connectivity index (χ1v) is 5.15. The summed E-state index contributed by atoms with van der Waals surface area (Å²) in [5.41, 5.74) is 5.57. The topological polar surface area (TPSA) is 58.8 Å². The zero-order chi connectivity index (χ0) is 9.64. The molecule has 76 valence electrons. The Balaban J connectivity index is 1.83. The molecule has 0 aromatic carbocycles. The fourth-order valence-corrected chi connectivity index (χ4v) is 2.48. The van der Waals surface area contributed by atoms with Crippen LogP contribution in [0, 0.1) is 23.7 Å². The molecule has 3 N–H and O–H groups in total. The molecular formula is C10H19NO2. The molecule has 0 amide bonds. The predicted octanol–water partition coefficient (Wildman–Crippen LogP) is 0.572. The average molecular weight is 185 g/mol. The van der Waals surface area contributed by atoms with Gasteiger partial charge in [-0.1, -0.05) is 13.8 Å². The van der Waals surface area contributed by atoms with Gasteiger partial charge >= 0.3 is 0 Å². The third-order valence-electron chi connectivity index (χ3n) is 3.60. The van der Waals surface area contributed by atoms with Gasteiger partial charge in [0.05, 0.1) is 0 Å². The van der Waals surface area contributed by atoms with Crippen molar-refractivity contribution in [2.75, 3.05) is 13.2 Å². The molecule has 1 heterocycles. The summed E-state index contributed by atoms with van der Waals surface area (Å²) < 4.78 is 5.06. The summed E-state index contributed by atoms with van der Waals surface area (Å²) in [6.07, 6.45) is 1.13. The van der Waals surface area contributed by atoms with Gasteiger partial charge in [-0.3, -0.25) is 0 Å². The first kappa shape index (κ1) is 9.44. The van der Waals surface area contributed by atoms with E-state index in [1.807, 2.05) is 0 Å². The summed E-state index contributed by atoms with van der Waals surface area (Å²) in [5.74, 6) is 1.44. The summed E-state index contributed by atoms with van der Waals surface area (Å²) in [6.45, 7) is 5.64. The van der Waals surface area contributed by atoms with Gasteiger partial charge in [0.2, 0.25) is 0 Å². The first-order chi connectivity index (χ1) is 6.08. The Hall–Kier alpha value is -0.120. The molecule has 1 aliphatic carbocycles. The predicted molar refractivity (Wildman–Crippen MR) is 49.9 cm³/mol. The highest BCUT2D eigenvalue weighted by molar-refractivity contribution is 5.06. The summed E-state index contributed by atoms with van der Waals surface area (Å²) in [4.78, 5) is 0. The van der Waals surface area contributed by atoms with Gasteiger partial charge in [-0.05, 0) is 30.7 Å². The molecule has 5 atom stereocenters. The number of aliphatic hydroxyl groups is 1. The normalized spacial score (nSPS) is 50.3. The number of nitrogens with two attached hydrogens (primary N) is 1. The third-order valence-corrected chi connectivity index (χ3v) is 3.60. The van der Waals surface area contributed by atoms with E-state index in [-0.39, 0.29) is 0 Å². The van der Waals surface area contributed by atoms with Crippen LogP contribution in [0.25, 0.3) is 0 Å². The lowest BCUT2D eigenvalue weighted by Gasteiger charge is -2.07. The van der Waals surface area contributed by atoms with Crippen molar-refractivity contribution in [3.05, 3.63) is 0 Å². The van der Waals surface area contributed by atoms with Gasteiger partial charge in [0.25, 0.3) is 0 Å². The van der Waals surface area contributed by atoms with Crippen LogP contribution in [0.1, 0.15) is 20.3 Å².